The van der Waals surface area contributed by atoms with E-state index in [1.54, 1.807) is 27.5 Å². The molecule has 1 aliphatic heterocycles. The third kappa shape index (κ3) is 4.49. The first kappa shape index (κ1) is 21.6. The van der Waals surface area contributed by atoms with E-state index in [4.69, 9.17) is 4.98 Å². The van der Waals surface area contributed by atoms with Gasteiger partial charge in [0.1, 0.15) is 5.01 Å². The summed E-state index contributed by atoms with van der Waals surface area (Å²) in [4.78, 5) is 34.5. The second-order valence-electron chi connectivity index (χ2n) is 8.40. The monoisotopic (exact) mass is 461 g/mol. The van der Waals surface area contributed by atoms with Gasteiger partial charge in [0.25, 0.3) is 0 Å². The fourth-order valence-electron chi connectivity index (χ4n) is 4.42. The van der Waals surface area contributed by atoms with Crippen LogP contribution in [-0.4, -0.2) is 56.0 Å². The Bertz CT molecular complexity index is 1320. The van der Waals surface area contributed by atoms with Gasteiger partial charge in [-0.15, -0.1) is 11.3 Å². The molecule has 3 heterocycles. The highest BCUT2D eigenvalue weighted by Crippen LogP contribution is 2.24. The van der Waals surface area contributed by atoms with E-state index in [-0.39, 0.29) is 11.6 Å². The molecule has 0 N–H and O–H groups in total. The van der Waals surface area contributed by atoms with Crippen LogP contribution in [0.15, 0.2) is 64.8 Å². The van der Waals surface area contributed by atoms with Gasteiger partial charge in [-0.3, -0.25) is 18.8 Å². The van der Waals surface area contributed by atoms with Crippen molar-refractivity contribution < 1.29 is 4.79 Å². The number of imidazole rings is 1. The first-order valence-corrected chi connectivity index (χ1v) is 12.1. The number of aromatic nitrogens is 3. The van der Waals surface area contributed by atoms with E-state index >= 15 is 0 Å². The molecular weight excluding hydrogens is 434 g/mol. The summed E-state index contributed by atoms with van der Waals surface area (Å²) < 4.78 is 3.34. The average Bonchev–Trinajstić information content (AvgIpc) is 3.42. The molecule has 1 fully saturated rings. The van der Waals surface area contributed by atoms with Crippen molar-refractivity contribution in [1.82, 2.24) is 23.9 Å². The van der Waals surface area contributed by atoms with Crippen LogP contribution in [0.1, 0.15) is 12.1 Å². The molecular formula is C25H27N5O2S. The second kappa shape index (κ2) is 9.33. The van der Waals surface area contributed by atoms with Crippen LogP contribution < -0.4 is 5.69 Å². The SMILES string of the molecule is Cn1c(=O)n(CCC(=O)N2CCN(Cc3csc(-c4ccccc4)n3)CC2)c2ccccc21. The molecule has 0 atom stereocenters. The summed E-state index contributed by atoms with van der Waals surface area (Å²) >= 11 is 1.67. The summed E-state index contributed by atoms with van der Waals surface area (Å²) in [6.45, 7) is 4.28. The zero-order valence-electron chi connectivity index (χ0n) is 18.7. The van der Waals surface area contributed by atoms with Gasteiger partial charge in [-0.1, -0.05) is 42.5 Å². The van der Waals surface area contributed by atoms with Gasteiger partial charge in [-0.2, -0.15) is 0 Å². The minimum absolute atomic E-state index is 0.0769. The number of thiazole rings is 1. The number of aryl methyl sites for hydroxylation is 2. The Hall–Kier alpha value is -3.23. The zero-order chi connectivity index (χ0) is 22.8. The van der Waals surface area contributed by atoms with Crippen molar-refractivity contribution in [2.24, 2.45) is 7.05 Å². The van der Waals surface area contributed by atoms with E-state index in [0.717, 1.165) is 46.9 Å². The number of benzene rings is 2. The van der Waals surface area contributed by atoms with Gasteiger partial charge in [-0.25, -0.2) is 9.78 Å². The van der Waals surface area contributed by atoms with E-state index < -0.39 is 0 Å². The Morgan fingerprint density at radius 3 is 2.42 bits per heavy atom. The minimum atomic E-state index is -0.0769. The van der Waals surface area contributed by atoms with Crippen molar-refractivity contribution >= 4 is 28.3 Å². The van der Waals surface area contributed by atoms with Crippen LogP contribution >= 0.6 is 11.3 Å². The molecule has 1 aliphatic rings. The van der Waals surface area contributed by atoms with E-state index in [1.807, 2.05) is 47.4 Å². The lowest BCUT2D eigenvalue weighted by molar-refractivity contribution is -0.133. The molecule has 5 rings (SSSR count). The van der Waals surface area contributed by atoms with Crippen molar-refractivity contribution in [2.75, 3.05) is 26.2 Å². The quantitative estimate of drug-likeness (QED) is 0.442. The fraction of sp³-hybridized carbons (Fsp3) is 0.320. The summed E-state index contributed by atoms with van der Waals surface area (Å²) in [5.41, 5.74) is 3.91. The van der Waals surface area contributed by atoms with Crippen LogP contribution in [0.2, 0.25) is 0 Å². The normalized spacial score (nSPS) is 14.8. The van der Waals surface area contributed by atoms with Crippen LogP contribution in [-0.2, 0) is 24.9 Å². The molecule has 0 unspecified atom stereocenters. The molecule has 0 aliphatic carbocycles. The van der Waals surface area contributed by atoms with E-state index in [2.05, 4.69) is 22.4 Å². The van der Waals surface area contributed by atoms with Crippen LogP contribution in [0.3, 0.4) is 0 Å². The van der Waals surface area contributed by atoms with Gasteiger partial charge < -0.3 is 4.90 Å². The third-order valence-corrected chi connectivity index (χ3v) is 7.22. The van der Waals surface area contributed by atoms with Crippen LogP contribution in [0.4, 0.5) is 0 Å². The van der Waals surface area contributed by atoms with Crippen LogP contribution in [0.5, 0.6) is 0 Å². The van der Waals surface area contributed by atoms with Crippen molar-refractivity contribution in [2.45, 2.75) is 19.5 Å². The predicted octanol–water partition coefficient (Wildman–Crippen LogP) is 3.20. The summed E-state index contributed by atoms with van der Waals surface area (Å²) in [6, 6.07) is 17.9. The maximum absolute atomic E-state index is 12.8. The highest BCUT2D eigenvalue weighted by Gasteiger charge is 2.22. The van der Waals surface area contributed by atoms with Gasteiger partial charge in [0, 0.05) is 63.7 Å². The topological polar surface area (TPSA) is 63.4 Å². The number of amides is 1. The standard InChI is InChI=1S/C25H27N5O2S/c1-27-21-9-5-6-10-22(21)30(25(27)32)12-11-23(31)29-15-13-28(14-16-29)17-20-18-33-24(26-20)19-7-3-2-4-8-19/h2-10,18H,11-17H2,1H3. The minimum Gasteiger partial charge on any atom is -0.340 e. The zero-order valence-corrected chi connectivity index (χ0v) is 19.5. The lowest BCUT2D eigenvalue weighted by Gasteiger charge is -2.34. The second-order valence-corrected chi connectivity index (χ2v) is 9.26. The van der Waals surface area contributed by atoms with E-state index in [1.165, 1.54) is 0 Å². The Morgan fingerprint density at radius 2 is 1.67 bits per heavy atom. The van der Waals surface area contributed by atoms with E-state index in [0.29, 0.717) is 26.1 Å². The van der Waals surface area contributed by atoms with Crippen molar-refractivity contribution in [3.63, 3.8) is 0 Å². The van der Waals surface area contributed by atoms with Gasteiger partial charge in [0.05, 0.1) is 16.7 Å². The Balaban J connectivity index is 1.14. The molecule has 0 bridgehead atoms. The molecule has 1 saturated heterocycles. The van der Waals surface area contributed by atoms with E-state index in [9.17, 15) is 9.59 Å². The number of carbonyl (C=O) groups is 1. The van der Waals surface area contributed by atoms with Crippen LogP contribution in [0.25, 0.3) is 21.6 Å². The largest absolute Gasteiger partial charge is 0.340 e. The molecule has 2 aromatic heterocycles. The molecule has 170 valence electrons. The lowest BCUT2D eigenvalue weighted by atomic mass is 10.2. The average molecular weight is 462 g/mol. The first-order chi connectivity index (χ1) is 16.1. The third-order valence-electron chi connectivity index (χ3n) is 6.28. The molecule has 4 aromatic rings. The number of rotatable bonds is 6. The van der Waals surface area contributed by atoms with Crippen LogP contribution in [0, 0.1) is 0 Å². The molecule has 0 saturated carbocycles. The van der Waals surface area contributed by atoms with Crippen molar-refractivity contribution in [1.29, 1.82) is 0 Å². The number of nitrogens with zero attached hydrogens (tertiary/aromatic N) is 5. The first-order valence-electron chi connectivity index (χ1n) is 11.2. The molecule has 2 aromatic carbocycles. The summed E-state index contributed by atoms with van der Waals surface area (Å²) in [5.74, 6) is 0.106. The molecule has 7 nitrogen and oxygen atoms in total. The van der Waals surface area contributed by atoms with Gasteiger partial charge in [-0.05, 0) is 12.1 Å². The Kier molecular flexibility index (Phi) is 6.11. The van der Waals surface area contributed by atoms with Crippen molar-refractivity contribution in [3.8, 4) is 10.6 Å². The maximum atomic E-state index is 12.8. The number of piperazine rings is 1. The Labute approximate surface area is 196 Å². The Morgan fingerprint density at radius 1 is 0.970 bits per heavy atom. The number of carbonyl (C=O) groups excluding carboxylic acids is 1. The molecule has 0 radical (unpaired) electrons. The summed E-state index contributed by atoms with van der Waals surface area (Å²) in [5, 5.41) is 3.17. The molecule has 8 heteroatoms. The highest BCUT2D eigenvalue weighted by atomic mass is 32.1. The molecule has 1 amide bonds. The van der Waals surface area contributed by atoms with Gasteiger partial charge in [0.15, 0.2) is 0 Å². The summed E-state index contributed by atoms with van der Waals surface area (Å²) in [7, 11) is 1.77. The maximum Gasteiger partial charge on any atom is 0.328 e. The molecule has 33 heavy (non-hydrogen) atoms. The smallest absolute Gasteiger partial charge is 0.328 e. The molecule has 0 spiro atoms. The number of para-hydroxylation sites is 2. The predicted molar refractivity (Wildman–Crippen MR) is 131 cm³/mol. The fourth-order valence-corrected chi connectivity index (χ4v) is 5.24. The number of hydrogen-bond acceptors (Lipinski definition) is 5. The number of fused-ring (bicyclic) bond motifs is 1. The van der Waals surface area contributed by atoms with Crippen molar-refractivity contribution in [3.05, 3.63) is 76.2 Å². The highest BCUT2D eigenvalue weighted by molar-refractivity contribution is 7.13. The lowest BCUT2D eigenvalue weighted by Crippen LogP contribution is -2.48. The summed E-state index contributed by atoms with van der Waals surface area (Å²) in [6.07, 6.45) is 0.334. The number of hydrogen-bond donors (Lipinski definition) is 0. The van der Waals surface area contributed by atoms with Gasteiger partial charge >= 0.3 is 5.69 Å². The van der Waals surface area contributed by atoms with Gasteiger partial charge in [0.2, 0.25) is 5.91 Å².